The van der Waals surface area contributed by atoms with Crippen LogP contribution in [-0.4, -0.2) is 54.3 Å². The van der Waals surface area contributed by atoms with Crippen LogP contribution in [0.2, 0.25) is 0 Å². The standard InChI is InChI=1S/C27H35N5O2/c1-18-3-2-4-22(13-18)27(34)30-15-26(33)31-23-16-32(17-23)24-11-9-21(10-12-24)20-7-5-19(6-8-20)14-25(28)29/h2-8,13,21,23-24H,9-12,14-17H2,1H3,(H3,28,29)(H,30,34)(H,31,33)/t21-,24+. The number of carbonyl (C=O) groups is 2. The largest absolute Gasteiger partial charge is 0.387 e. The molecule has 0 unspecified atom stereocenters. The molecule has 1 saturated carbocycles. The number of benzene rings is 2. The first-order valence-electron chi connectivity index (χ1n) is 12.2. The van der Waals surface area contributed by atoms with E-state index >= 15 is 0 Å². The Kier molecular flexibility index (Phi) is 7.63. The zero-order valence-electron chi connectivity index (χ0n) is 19.8. The van der Waals surface area contributed by atoms with Crippen molar-refractivity contribution in [2.45, 2.75) is 57.0 Å². The maximum atomic E-state index is 12.3. The molecular formula is C27H35N5O2. The van der Waals surface area contributed by atoms with E-state index in [0.29, 0.717) is 23.9 Å². The Hall–Kier alpha value is -3.19. The average Bonchev–Trinajstić information content (AvgIpc) is 2.80. The first kappa shape index (κ1) is 24.0. The third-order valence-corrected chi connectivity index (χ3v) is 7.02. The summed E-state index contributed by atoms with van der Waals surface area (Å²) in [5.41, 5.74) is 9.56. The summed E-state index contributed by atoms with van der Waals surface area (Å²) in [7, 11) is 0. The number of nitrogens with one attached hydrogen (secondary N) is 3. The molecule has 1 aliphatic carbocycles. The van der Waals surface area contributed by atoms with Crippen LogP contribution in [0.25, 0.3) is 0 Å². The molecule has 180 valence electrons. The Morgan fingerprint density at radius 3 is 2.41 bits per heavy atom. The maximum Gasteiger partial charge on any atom is 0.251 e. The quantitative estimate of drug-likeness (QED) is 0.358. The maximum absolute atomic E-state index is 12.3. The zero-order valence-corrected chi connectivity index (χ0v) is 19.8. The summed E-state index contributed by atoms with van der Waals surface area (Å²) in [5, 5.41) is 13.2. The molecule has 0 bridgehead atoms. The second-order valence-corrected chi connectivity index (χ2v) is 9.72. The highest BCUT2D eigenvalue weighted by molar-refractivity contribution is 5.96. The number of amidine groups is 1. The molecule has 1 aliphatic heterocycles. The van der Waals surface area contributed by atoms with Gasteiger partial charge >= 0.3 is 0 Å². The lowest BCUT2D eigenvalue weighted by molar-refractivity contribution is -0.122. The molecular weight excluding hydrogens is 426 g/mol. The van der Waals surface area contributed by atoms with Crippen molar-refractivity contribution in [2.75, 3.05) is 19.6 Å². The topological polar surface area (TPSA) is 111 Å². The van der Waals surface area contributed by atoms with Gasteiger partial charge in [0.25, 0.3) is 5.91 Å². The van der Waals surface area contributed by atoms with Gasteiger partial charge in [-0.2, -0.15) is 0 Å². The Balaban J connectivity index is 1.14. The molecule has 0 atom stereocenters. The highest BCUT2D eigenvalue weighted by Crippen LogP contribution is 2.36. The molecule has 0 radical (unpaired) electrons. The van der Waals surface area contributed by atoms with Crippen molar-refractivity contribution in [1.29, 1.82) is 5.41 Å². The first-order valence-corrected chi connectivity index (χ1v) is 12.2. The van der Waals surface area contributed by atoms with Gasteiger partial charge in [0.15, 0.2) is 0 Å². The lowest BCUT2D eigenvalue weighted by Crippen LogP contribution is -2.63. The minimum atomic E-state index is -0.223. The Labute approximate surface area is 201 Å². The van der Waals surface area contributed by atoms with Gasteiger partial charge < -0.3 is 16.4 Å². The van der Waals surface area contributed by atoms with E-state index in [1.807, 2.05) is 25.1 Å². The number of likely N-dealkylation sites (tertiary alicyclic amines) is 1. The third-order valence-electron chi connectivity index (χ3n) is 7.02. The van der Waals surface area contributed by atoms with E-state index in [0.717, 1.165) is 24.2 Å². The van der Waals surface area contributed by atoms with Crippen molar-refractivity contribution in [3.05, 3.63) is 70.8 Å². The van der Waals surface area contributed by atoms with Crippen molar-refractivity contribution in [2.24, 2.45) is 5.73 Å². The lowest BCUT2D eigenvalue weighted by Gasteiger charge is -2.46. The highest BCUT2D eigenvalue weighted by Gasteiger charge is 2.35. The monoisotopic (exact) mass is 461 g/mol. The highest BCUT2D eigenvalue weighted by atomic mass is 16.2. The number of amides is 2. The lowest BCUT2D eigenvalue weighted by atomic mass is 9.80. The first-order chi connectivity index (χ1) is 16.4. The number of hydrogen-bond donors (Lipinski definition) is 4. The molecule has 1 heterocycles. The van der Waals surface area contributed by atoms with Crippen molar-refractivity contribution < 1.29 is 9.59 Å². The van der Waals surface area contributed by atoms with E-state index in [4.69, 9.17) is 11.1 Å². The summed E-state index contributed by atoms with van der Waals surface area (Å²) in [6.07, 6.45) is 5.21. The minimum absolute atomic E-state index is 0.000407. The summed E-state index contributed by atoms with van der Waals surface area (Å²) in [6, 6.07) is 16.7. The molecule has 2 aromatic rings. The number of nitrogens with zero attached hydrogens (tertiary/aromatic N) is 1. The molecule has 7 heteroatoms. The minimum Gasteiger partial charge on any atom is -0.387 e. The summed E-state index contributed by atoms with van der Waals surface area (Å²) in [6.45, 7) is 3.70. The number of rotatable bonds is 8. The van der Waals surface area contributed by atoms with Gasteiger partial charge in [0, 0.05) is 31.1 Å². The molecule has 4 rings (SSSR count). The van der Waals surface area contributed by atoms with E-state index < -0.39 is 0 Å². The van der Waals surface area contributed by atoms with Gasteiger partial charge in [-0.3, -0.25) is 19.9 Å². The van der Waals surface area contributed by atoms with Crippen LogP contribution in [-0.2, 0) is 11.2 Å². The third kappa shape index (κ3) is 6.23. The molecule has 2 aromatic carbocycles. The normalized spacial score (nSPS) is 20.9. The summed E-state index contributed by atoms with van der Waals surface area (Å²) in [5.74, 6) is 0.433. The molecule has 2 amide bonds. The fraction of sp³-hybridized carbons (Fsp3) is 0.444. The van der Waals surface area contributed by atoms with Crippen LogP contribution in [0.3, 0.4) is 0 Å². The van der Waals surface area contributed by atoms with Crippen LogP contribution >= 0.6 is 0 Å². The van der Waals surface area contributed by atoms with Gasteiger partial charge in [0.05, 0.1) is 18.4 Å². The molecule has 1 saturated heterocycles. The summed E-state index contributed by atoms with van der Waals surface area (Å²) in [4.78, 5) is 26.9. The van der Waals surface area contributed by atoms with E-state index in [2.05, 4.69) is 39.8 Å². The SMILES string of the molecule is Cc1cccc(C(=O)NCC(=O)NC2CN([C@H]3CC[C@@H](c4ccc(CC(=N)N)cc4)CC3)C2)c1. The van der Waals surface area contributed by atoms with Crippen LogP contribution in [0.4, 0.5) is 0 Å². The molecule has 2 fully saturated rings. The Morgan fingerprint density at radius 2 is 1.76 bits per heavy atom. The van der Waals surface area contributed by atoms with Crippen LogP contribution in [0.5, 0.6) is 0 Å². The van der Waals surface area contributed by atoms with Gasteiger partial charge in [-0.05, 0) is 61.8 Å². The van der Waals surface area contributed by atoms with Crippen LogP contribution < -0.4 is 16.4 Å². The zero-order chi connectivity index (χ0) is 24.1. The average molecular weight is 462 g/mol. The molecule has 7 nitrogen and oxygen atoms in total. The molecule has 0 spiro atoms. The van der Waals surface area contributed by atoms with Gasteiger partial charge in [0.1, 0.15) is 0 Å². The number of carbonyl (C=O) groups excluding carboxylic acids is 2. The van der Waals surface area contributed by atoms with Crippen molar-refractivity contribution in [1.82, 2.24) is 15.5 Å². The summed E-state index contributed by atoms with van der Waals surface area (Å²) < 4.78 is 0. The van der Waals surface area contributed by atoms with Gasteiger partial charge in [-0.25, -0.2) is 0 Å². The fourth-order valence-corrected chi connectivity index (χ4v) is 5.13. The predicted molar refractivity (Wildman–Crippen MR) is 134 cm³/mol. The summed E-state index contributed by atoms with van der Waals surface area (Å²) >= 11 is 0. The second-order valence-electron chi connectivity index (χ2n) is 9.72. The molecule has 2 aliphatic rings. The molecule has 5 N–H and O–H groups in total. The smallest absolute Gasteiger partial charge is 0.251 e. The van der Waals surface area contributed by atoms with Gasteiger partial charge in [0.2, 0.25) is 5.91 Å². The fourth-order valence-electron chi connectivity index (χ4n) is 5.13. The van der Waals surface area contributed by atoms with Crippen LogP contribution in [0, 0.1) is 12.3 Å². The molecule has 34 heavy (non-hydrogen) atoms. The van der Waals surface area contributed by atoms with Gasteiger partial charge in [-0.15, -0.1) is 0 Å². The van der Waals surface area contributed by atoms with Crippen molar-refractivity contribution in [3.63, 3.8) is 0 Å². The number of nitrogens with two attached hydrogens (primary N) is 1. The van der Waals surface area contributed by atoms with Crippen LogP contribution in [0.1, 0.15) is 58.6 Å². The van der Waals surface area contributed by atoms with E-state index in [-0.39, 0.29) is 30.2 Å². The molecule has 0 aromatic heterocycles. The second kappa shape index (κ2) is 10.8. The van der Waals surface area contributed by atoms with E-state index in [9.17, 15) is 9.59 Å². The van der Waals surface area contributed by atoms with Crippen LogP contribution in [0.15, 0.2) is 48.5 Å². The van der Waals surface area contributed by atoms with Crippen molar-refractivity contribution in [3.8, 4) is 0 Å². The number of aryl methyl sites for hydroxylation is 1. The predicted octanol–water partition coefficient (Wildman–Crippen LogP) is 2.73. The Bertz CT molecular complexity index is 1020. The van der Waals surface area contributed by atoms with E-state index in [1.165, 1.54) is 31.2 Å². The van der Waals surface area contributed by atoms with Gasteiger partial charge in [-0.1, -0.05) is 42.0 Å². The number of hydrogen-bond acceptors (Lipinski definition) is 4. The van der Waals surface area contributed by atoms with Crippen molar-refractivity contribution >= 4 is 17.6 Å². The van der Waals surface area contributed by atoms with E-state index in [1.54, 1.807) is 6.07 Å². The Morgan fingerprint density at radius 1 is 1.06 bits per heavy atom.